The van der Waals surface area contributed by atoms with Crippen LogP contribution in [-0.4, -0.2) is 26.4 Å². The van der Waals surface area contributed by atoms with Gasteiger partial charge >= 0.3 is 0 Å². The van der Waals surface area contributed by atoms with Gasteiger partial charge in [0.1, 0.15) is 6.10 Å². The van der Waals surface area contributed by atoms with E-state index in [0.29, 0.717) is 16.6 Å². The van der Waals surface area contributed by atoms with Gasteiger partial charge in [-0.15, -0.1) is 0 Å². The van der Waals surface area contributed by atoms with E-state index in [1.54, 1.807) is 0 Å². The first-order valence-electron chi connectivity index (χ1n) is 9.77. The predicted octanol–water partition coefficient (Wildman–Crippen LogP) is 5.02. The Morgan fingerprint density at radius 1 is 1.00 bits per heavy atom. The van der Waals surface area contributed by atoms with Crippen molar-refractivity contribution in [3.05, 3.63) is 0 Å². The second-order valence-corrected chi connectivity index (χ2v) is 14.1. The minimum absolute atomic E-state index is 0.129. The average Bonchev–Trinajstić information content (AvgIpc) is 2.47. The van der Waals surface area contributed by atoms with E-state index in [1.807, 2.05) is 0 Å². The van der Waals surface area contributed by atoms with E-state index in [4.69, 9.17) is 4.43 Å². The zero-order chi connectivity index (χ0) is 17.2. The predicted molar refractivity (Wildman–Crippen MR) is 99.0 cm³/mol. The van der Waals surface area contributed by atoms with Crippen LogP contribution in [0.3, 0.4) is 0 Å². The zero-order valence-corrected chi connectivity index (χ0v) is 17.0. The number of hydrogen-bond acceptors (Lipinski definition) is 2. The van der Waals surface area contributed by atoms with Crippen molar-refractivity contribution in [1.29, 1.82) is 0 Å². The third-order valence-electron chi connectivity index (χ3n) is 6.30. The fourth-order valence-corrected chi connectivity index (χ4v) is 10.7. The van der Waals surface area contributed by atoms with E-state index in [-0.39, 0.29) is 18.1 Å². The first kappa shape index (κ1) is 19.0. The molecule has 2 atom stereocenters. The number of amides is 1. The van der Waals surface area contributed by atoms with Gasteiger partial charge in [0.05, 0.1) is 6.04 Å². The molecular formula is C19H37NO2Si. The molecule has 23 heavy (non-hydrogen) atoms. The smallest absolute Gasteiger partial charge is 0.250 e. The van der Waals surface area contributed by atoms with Crippen LogP contribution in [0.1, 0.15) is 80.1 Å². The van der Waals surface area contributed by atoms with Crippen molar-refractivity contribution in [1.82, 2.24) is 5.32 Å². The van der Waals surface area contributed by atoms with Gasteiger partial charge in [-0.2, -0.15) is 0 Å². The highest BCUT2D eigenvalue weighted by Gasteiger charge is 2.52. The normalized spacial score (nSPS) is 26.7. The van der Waals surface area contributed by atoms with Crippen molar-refractivity contribution < 1.29 is 9.22 Å². The Hall–Kier alpha value is -0.353. The topological polar surface area (TPSA) is 38.3 Å². The summed E-state index contributed by atoms with van der Waals surface area (Å²) in [6, 6.07) is 0.258. The lowest BCUT2D eigenvalue weighted by atomic mass is 9.82. The molecule has 134 valence electrons. The highest BCUT2D eigenvalue weighted by Crippen LogP contribution is 2.44. The summed E-state index contributed by atoms with van der Waals surface area (Å²) < 4.78 is 6.75. The van der Waals surface area contributed by atoms with Crippen LogP contribution < -0.4 is 5.32 Å². The summed E-state index contributed by atoms with van der Waals surface area (Å²) in [5, 5.41) is 3.14. The molecule has 0 bridgehead atoms. The van der Waals surface area contributed by atoms with Crippen LogP contribution >= 0.6 is 0 Å². The zero-order valence-electron chi connectivity index (χ0n) is 16.0. The Morgan fingerprint density at radius 3 is 1.96 bits per heavy atom. The quantitative estimate of drug-likeness (QED) is 0.522. The fourth-order valence-electron chi connectivity index (χ4n) is 5.16. The minimum atomic E-state index is -1.97. The molecule has 0 spiro atoms. The standard InChI is InChI=1S/C19H37NO2Si/c1-13(2)23(14(3)4,15(5)6)22-18-17(20-19(18)21)12-16-10-8-7-9-11-16/h13-18H,7-12H2,1-6H3,(H,20,21). The molecule has 3 nitrogen and oxygen atoms in total. The summed E-state index contributed by atoms with van der Waals surface area (Å²) in [6.45, 7) is 13.7. The number of hydrogen-bond donors (Lipinski definition) is 1. The first-order chi connectivity index (χ1) is 10.8. The SMILES string of the molecule is CC(C)[Si](OC1C(=O)NC1CC1CCCCC1)(C(C)C)C(C)C. The lowest BCUT2D eigenvalue weighted by Gasteiger charge is -2.49. The maximum atomic E-state index is 12.2. The maximum absolute atomic E-state index is 12.2. The van der Waals surface area contributed by atoms with E-state index < -0.39 is 8.32 Å². The van der Waals surface area contributed by atoms with Gasteiger partial charge in [0, 0.05) is 0 Å². The summed E-state index contributed by atoms with van der Waals surface area (Å²) in [4.78, 5) is 12.2. The van der Waals surface area contributed by atoms with Crippen molar-refractivity contribution in [3.8, 4) is 0 Å². The Labute approximate surface area is 144 Å². The molecule has 1 aliphatic carbocycles. The Kier molecular flexibility index (Phi) is 6.34. The Bertz CT molecular complexity index is 380. The van der Waals surface area contributed by atoms with Crippen LogP contribution in [-0.2, 0) is 9.22 Å². The third kappa shape index (κ3) is 3.84. The number of carbonyl (C=O) groups is 1. The molecule has 2 unspecified atom stereocenters. The molecular weight excluding hydrogens is 302 g/mol. The highest BCUT2D eigenvalue weighted by molar-refractivity contribution is 6.77. The molecule has 2 fully saturated rings. The van der Waals surface area contributed by atoms with Gasteiger partial charge in [-0.05, 0) is 29.0 Å². The van der Waals surface area contributed by atoms with Crippen LogP contribution in [0, 0.1) is 5.92 Å². The molecule has 1 N–H and O–H groups in total. The lowest BCUT2D eigenvalue weighted by molar-refractivity contribution is -0.142. The average molecular weight is 340 g/mol. The van der Waals surface area contributed by atoms with Crippen molar-refractivity contribution >= 4 is 14.2 Å². The molecule has 0 radical (unpaired) electrons. The molecule has 2 rings (SSSR count). The van der Waals surface area contributed by atoms with Gasteiger partial charge in [-0.1, -0.05) is 73.6 Å². The van der Waals surface area contributed by atoms with Crippen LogP contribution in [0.15, 0.2) is 0 Å². The van der Waals surface area contributed by atoms with Crippen molar-refractivity contribution in [2.75, 3.05) is 0 Å². The highest BCUT2D eigenvalue weighted by atomic mass is 28.4. The molecule has 4 heteroatoms. The number of rotatable bonds is 7. The third-order valence-corrected chi connectivity index (χ3v) is 12.4. The Morgan fingerprint density at radius 2 is 1.52 bits per heavy atom. The molecule has 1 saturated carbocycles. The van der Waals surface area contributed by atoms with Gasteiger partial charge in [0.25, 0.3) is 0 Å². The molecule has 1 aliphatic heterocycles. The van der Waals surface area contributed by atoms with E-state index in [2.05, 4.69) is 46.9 Å². The van der Waals surface area contributed by atoms with E-state index in [0.717, 1.165) is 12.3 Å². The molecule has 1 saturated heterocycles. The molecule has 0 aromatic rings. The summed E-state index contributed by atoms with van der Waals surface area (Å²) >= 11 is 0. The van der Waals surface area contributed by atoms with Gasteiger partial charge < -0.3 is 9.74 Å². The Balaban J connectivity index is 2.06. The van der Waals surface area contributed by atoms with E-state index in [1.165, 1.54) is 32.1 Å². The second-order valence-electron chi connectivity index (χ2n) is 8.71. The van der Waals surface area contributed by atoms with Gasteiger partial charge in [0.2, 0.25) is 14.2 Å². The second kappa shape index (κ2) is 7.69. The van der Waals surface area contributed by atoms with Gasteiger partial charge in [-0.3, -0.25) is 4.79 Å². The van der Waals surface area contributed by atoms with Gasteiger partial charge in [0.15, 0.2) is 0 Å². The molecule has 1 amide bonds. The fraction of sp³-hybridized carbons (Fsp3) is 0.947. The van der Waals surface area contributed by atoms with Crippen LogP contribution in [0.4, 0.5) is 0 Å². The van der Waals surface area contributed by atoms with Crippen molar-refractivity contribution in [3.63, 3.8) is 0 Å². The van der Waals surface area contributed by atoms with Crippen LogP contribution in [0.5, 0.6) is 0 Å². The van der Waals surface area contributed by atoms with Crippen molar-refractivity contribution in [2.45, 2.75) is 109 Å². The summed E-state index contributed by atoms with van der Waals surface area (Å²) in [7, 11) is -1.97. The minimum Gasteiger partial charge on any atom is -0.402 e. The monoisotopic (exact) mass is 339 g/mol. The van der Waals surface area contributed by atoms with Gasteiger partial charge in [-0.25, -0.2) is 0 Å². The number of nitrogens with one attached hydrogen (secondary N) is 1. The molecule has 2 aliphatic rings. The molecule has 0 aromatic heterocycles. The van der Waals surface area contributed by atoms with Crippen molar-refractivity contribution in [2.24, 2.45) is 5.92 Å². The summed E-state index contributed by atoms with van der Waals surface area (Å²) in [5.74, 6) is 0.915. The number of β-lactam (4-membered cyclic amide) rings is 1. The van der Waals surface area contributed by atoms with Crippen LogP contribution in [0.2, 0.25) is 16.6 Å². The first-order valence-corrected chi connectivity index (χ1v) is 11.9. The van der Waals surface area contributed by atoms with Crippen LogP contribution in [0.25, 0.3) is 0 Å². The lowest BCUT2D eigenvalue weighted by Crippen LogP contribution is -2.68. The van der Waals surface area contributed by atoms with E-state index >= 15 is 0 Å². The molecule has 0 aromatic carbocycles. The summed E-state index contributed by atoms with van der Waals surface area (Å²) in [5.41, 5.74) is 1.60. The van der Waals surface area contributed by atoms with E-state index in [9.17, 15) is 4.79 Å². The maximum Gasteiger partial charge on any atom is 0.250 e. The largest absolute Gasteiger partial charge is 0.402 e. The molecule has 1 heterocycles. The summed E-state index contributed by atoms with van der Waals surface area (Å²) in [6.07, 6.45) is 7.71. The number of carbonyl (C=O) groups excluding carboxylic acids is 1.